The molecule has 0 radical (unpaired) electrons. The minimum atomic E-state index is 0.0382. The number of ether oxygens (including phenoxy) is 1. The first-order valence-electron chi connectivity index (χ1n) is 7.74. The number of phenols is 1. The molecule has 2 aromatic rings. The van der Waals surface area contributed by atoms with E-state index in [0.29, 0.717) is 5.76 Å². The monoisotopic (exact) mass is 302 g/mol. The summed E-state index contributed by atoms with van der Waals surface area (Å²) in [5.74, 6) is 0.906. The summed E-state index contributed by atoms with van der Waals surface area (Å²) in [4.78, 5) is 2.43. The number of nitrogens with zero attached hydrogens (tertiary/aromatic N) is 2. The van der Waals surface area contributed by atoms with Gasteiger partial charge in [-0.15, -0.1) is 0 Å². The molecule has 0 atom stereocenters. The number of hydrogen-bond donors (Lipinski definition) is 1. The lowest BCUT2D eigenvalue weighted by Crippen LogP contribution is -2.63. The maximum Gasteiger partial charge on any atom is 0.167 e. The number of aromatic hydroxyl groups is 1. The van der Waals surface area contributed by atoms with Gasteiger partial charge in [-0.25, -0.2) is 0 Å². The summed E-state index contributed by atoms with van der Waals surface area (Å²) in [6.45, 7) is 7.81. The van der Waals surface area contributed by atoms with Crippen LogP contribution in [0, 0.1) is 0 Å². The van der Waals surface area contributed by atoms with E-state index in [1.54, 1.807) is 18.2 Å². The Bertz CT molecular complexity index is 630. The first-order chi connectivity index (χ1) is 10.7. The van der Waals surface area contributed by atoms with Crippen molar-refractivity contribution >= 4 is 0 Å². The zero-order chi connectivity index (χ0) is 15.6. The molecule has 0 aliphatic carbocycles. The standard InChI is InChI=1S/C17H22N2O3/c1-3-19(4-2)17(11-21-12-17)10-14-9-16(22-18-14)13-6-5-7-15(20)8-13/h5-9,20H,3-4,10-12H2,1-2H3. The molecule has 0 spiro atoms. The molecule has 0 unspecified atom stereocenters. The molecule has 1 aromatic heterocycles. The molecule has 1 aliphatic rings. The molecule has 1 N–H and O–H groups in total. The molecule has 118 valence electrons. The Labute approximate surface area is 130 Å². The highest BCUT2D eigenvalue weighted by atomic mass is 16.5. The maximum atomic E-state index is 9.57. The van der Waals surface area contributed by atoms with E-state index in [1.165, 1.54) is 0 Å². The lowest BCUT2D eigenvalue weighted by atomic mass is 9.89. The zero-order valence-electron chi connectivity index (χ0n) is 13.1. The SMILES string of the molecule is CCN(CC)C1(Cc2cc(-c3cccc(O)c3)on2)COC1. The number of likely N-dealkylation sites (N-methyl/N-ethyl adjacent to an activating group) is 1. The summed E-state index contributed by atoms with van der Waals surface area (Å²) in [7, 11) is 0. The lowest BCUT2D eigenvalue weighted by Gasteiger charge is -2.49. The van der Waals surface area contributed by atoms with Crippen molar-refractivity contribution in [3.05, 3.63) is 36.0 Å². The van der Waals surface area contributed by atoms with E-state index in [0.717, 1.165) is 44.0 Å². The molecule has 3 rings (SSSR count). The van der Waals surface area contributed by atoms with Crippen molar-refractivity contribution < 1.29 is 14.4 Å². The Kier molecular flexibility index (Phi) is 4.18. The van der Waals surface area contributed by atoms with Crippen molar-refractivity contribution in [2.24, 2.45) is 0 Å². The third-order valence-electron chi connectivity index (χ3n) is 4.38. The lowest BCUT2D eigenvalue weighted by molar-refractivity contribution is -0.138. The van der Waals surface area contributed by atoms with Gasteiger partial charge in [0, 0.05) is 18.1 Å². The van der Waals surface area contributed by atoms with Crippen LogP contribution in [0.2, 0.25) is 0 Å². The molecule has 0 amide bonds. The van der Waals surface area contributed by atoms with Gasteiger partial charge < -0.3 is 14.4 Å². The average molecular weight is 302 g/mol. The van der Waals surface area contributed by atoms with Crippen molar-refractivity contribution in [1.82, 2.24) is 10.1 Å². The van der Waals surface area contributed by atoms with Crippen LogP contribution in [-0.4, -0.2) is 47.0 Å². The minimum Gasteiger partial charge on any atom is -0.508 e. The minimum absolute atomic E-state index is 0.0382. The highest BCUT2D eigenvalue weighted by molar-refractivity contribution is 5.59. The number of rotatable bonds is 6. The number of aromatic nitrogens is 1. The third kappa shape index (κ3) is 2.74. The number of hydrogen-bond acceptors (Lipinski definition) is 5. The topological polar surface area (TPSA) is 58.7 Å². The number of phenolic OH excluding ortho intramolecular Hbond substituents is 1. The second-order valence-corrected chi connectivity index (χ2v) is 5.80. The molecule has 1 aliphatic heterocycles. The Hall–Kier alpha value is -1.85. The molecule has 1 saturated heterocycles. The van der Waals surface area contributed by atoms with E-state index in [4.69, 9.17) is 9.26 Å². The van der Waals surface area contributed by atoms with Gasteiger partial charge in [-0.1, -0.05) is 31.1 Å². The van der Waals surface area contributed by atoms with Crippen molar-refractivity contribution in [2.45, 2.75) is 25.8 Å². The van der Waals surface area contributed by atoms with E-state index < -0.39 is 0 Å². The molecule has 1 fully saturated rings. The summed E-state index contributed by atoms with van der Waals surface area (Å²) in [5.41, 5.74) is 1.80. The van der Waals surface area contributed by atoms with Crippen LogP contribution in [0.15, 0.2) is 34.9 Å². The van der Waals surface area contributed by atoms with E-state index in [-0.39, 0.29) is 11.3 Å². The van der Waals surface area contributed by atoms with Gasteiger partial charge >= 0.3 is 0 Å². The van der Waals surface area contributed by atoms with Gasteiger partial charge in [0.05, 0.1) is 24.4 Å². The van der Waals surface area contributed by atoms with Gasteiger partial charge in [-0.05, 0) is 25.2 Å². The van der Waals surface area contributed by atoms with Crippen molar-refractivity contribution in [3.8, 4) is 17.1 Å². The van der Waals surface area contributed by atoms with Crippen LogP contribution < -0.4 is 0 Å². The molecule has 22 heavy (non-hydrogen) atoms. The molecular formula is C17H22N2O3. The van der Waals surface area contributed by atoms with Crippen LogP contribution in [0.4, 0.5) is 0 Å². The summed E-state index contributed by atoms with van der Waals surface area (Å²) in [6.07, 6.45) is 0.816. The van der Waals surface area contributed by atoms with Crippen molar-refractivity contribution in [1.29, 1.82) is 0 Å². The maximum absolute atomic E-state index is 9.57. The van der Waals surface area contributed by atoms with Gasteiger partial charge in [0.25, 0.3) is 0 Å². The molecule has 5 nitrogen and oxygen atoms in total. The van der Waals surface area contributed by atoms with Crippen LogP contribution in [0.25, 0.3) is 11.3 Å². The van der Waals surface area contributed by atoms with Crippen LogP contribution in [0.5, 0.6) is 5.75 Å². The first kappa shape index (κ1) is 15.1. The largest absolute Gasteiger partial charge is 0.508 e. The number of benzene rings is 1. The predicted octanol–water partition coefficient (Wildman–Crippen LogP) is 2.70. The summed E-state index contributed by atoms with van der Waals surface area (Å²) < 4.78 is 10.9. The Morgan fingerprint density at radius 1 is 1.23 bits per heavy atom. The fourth-order valence-electron chi connectivity index (χ4n) is 3.16. The van der Waals surface area contributed by atoms with Gasteiger partial charge in [0.15, 0.2) is 5.76 Å². The van der Waals surface area contributed by atoms with Crippen LogP contribution in [-0.2, 0) is 11.2 Å². The Morgan fingerprint density at radius 2 is 2.00 bits per heavy atom. The predicted molar refractivity (Wildman–Crippen MR) is 83.8 cm³/mol. The van der Waals surface area contributed by atoms with Crippen molar-refractivity contribution in [2.75, 3.05) is 26.3 Å². The first-order valence-corrected chi connectivity index (χ1v) is 7.74. The van der Waals surface area contributed by atoms with Gasteiger partial charge in [0.2, 0.25) is 0 Å². The molecular weight excluding hydrogens is 280 g/mol. The second kappa shape index (κ2) is 6.10. The van der Waals surface area contributed by atoms with Gasteiger partial charge in [-0.3, -0.25) is 4.90 Å². The fourth-order valence-corrected chi connectivity index (χ4v) is 3.16. The molecule has 1 aromatic carbocycles. The second-order valence-electron chi connectivity index (χ2n) is 5.80. The smallest absolute Gasteiger partial charge is 0.167 e. The third-order valence-corrected chi connectivity index (χ3v) is 4.38. The van der Waals surface area contributed by atoms with Crippen molar-refractivity contribution in [3.63, 3.8) is 0 Å². The molecule has 0 bridgehead atoms. The summed E-state index contributed by atoms with van der Waals surface area (Å²) >= 11 is 0. The summed E-state index contributed by atoms with van der Waals surface area (Å²) in [5, 5.41) is 13.8. The molecule has 0 saturated carbocycles. The van der Waals surface area contributed by atoms with Crippen LogP contribution >= 0.6 is 0 Å². The Balaban J connectivity index is 1.79. The van der Waals surface area contributed by atoms with Gasteiger partial charge in [-0.2, -0.15) is 0 Å². The normalized spacial score (nSPS) is 16.7. The van der Waals surface area contributed by atoms with E-state index in [1.807, 2.05) is 12.1 Å². The van der Waals surface area contributed by atoms with E-state index in [9.17, 15) is 5.11 Å². The molecule has 2 heterocycles. The van der Waals surface area contributed by atoms with Crippen LogP contribution in [0.3, 0.4) is 0 Å². The average Bonchev–Trinajstić information content (AvgIpc) is 2.94. The zero-order valence-corrected chi connectivity index (χ0v) is 13.1. The van der Waals surface area contributed by atoms with Crippen LogP contribution in [0.1, 0.15) is 19.5 Å². The fraction of sp³-hybridized carbons (Fsp3) is 0.471. The highest BCUT2D eigenvalue weighted by Crippen LogP contribution is 2.31. The Morgan fingerprint density at radius 3 is 2.59 bits per heavy atom. The quantitative estimate of drug-likeness (QED) is 0.889. The highest BCUT2D eigenvalue weighted by Gasteiger charge is 2.43. The summed E-state index contributed by atoms with van der Waals surface area (Å²) in [6, 6.07) is 8.97. The van der Waals surface area contributed by atoms with Gasteiger partial charge in [0.1, 0.15) is 5.75 Å². The molecule has 5 heteroatoms. The van der Waals surface area contributed by atoms with E-state index >= 15 is 0 Å². The van der Waals surface area contributed by atoms with E-state index in [2.05, 4.69) is 23.9 Å².